The van der Waals surface area contributed by atoms with Crippen LogP contribution in [0.15, 0.2) is 30.3 Å². The molecule has 1 saturated heterocycles. The second-order valence-electron chi connectivity index (χ2n) is 4.52. The Hall–Kier alpha value is -1.35. The van der Waals surface area contributed by atoms with Crippen LogP contribution in [0.2, 0.25) is 0 Å². The number of rotatable bonds is 4. The number of carbonyl (C=O) groups excluding carboxylic acids is 1. The summed E-state index contributed by atoms with van der Waals surface area (Å²) in [7, 11) is 1.44. The third kappa shape index (κ3) is 3.30. The number of esters is 1. The molecule has 0 bridgehead atoms. The molecule has 1 aromatic rings. The topological polar surface area (TPSA) is 29.5 Å². The summed E-state index contributed by atoms with van der Waals surface area (Å²) in [6.45, 7) is 2.95. The molecule has 0 amide bonds. The van der Waals surface area contributed by atoms with E-state index in [0.29, 0.717) is 12.3 Å². The first-order chi connectivity index (χ1) is 8.29. The van der Waals surface area contributed by atoms with Gasteiger partial charge in [-0.15, -0.1) is 0 Å². The molecule has 3 nitrogen and oxygen atoms in total. The van der Waals surface area contributed by atoms with Crippen LogP contribution in [-0.4, -0.2) is 37.6 Å². The van der Waals surface area contributed by atoms with Crippen molar-refractivity contribution in [2.24, 2.45) is 0 Å². The lowest BCUT2D eigenvalue weighted by Gasteiger charge is -2.15. The fourth-order valence-electron chi connectivity index (χ4n) is 2.38. The van der Waals surface area contributed by atoms with Gasteiger partial charge in [0.15, 0.2) is 0 Å². The molecule has 0 unspecified atom stereocenters. The van der Waals surface area contributed by atoms with Crippen molar-refractivity contribution in [1.29, 1.82) is 0 Å². The standard InChI is InChI=1S/C14H19NO2/c1-17-14(16)8-10-15-9-7-13(11-15)12-5-3-2-4-6-12/h2-6,13H,7-11H2,1H3/t13-/m0/s1. The van der Waals surface area contributed by atoms with E-state index in [1.807, 2.05) is 6.07 Å². The van der Waals surface area contributed by atoms with E-state index in [-0.39, 0.29) is 5.97 Å². The van der Waals surface area contributed by atoms with Gasteiger partial charge in [-0.2, -0.15) is 0 Å². The van der Waals surface area contributed by atoms with Crippen LogP contribution in [0, 0.1) is 0 Å². The first kappa shape index (κ1) is 12.1. The smallest absolute Gasteiger partial charge is 0.306 e. The average molecular weight is 233 g/mol. The van der Waals surface area contributed by atoms with Crippen molar-refractivity contribution in [3.8, 4) is 0 Å². The summed E-state index contributed by atoms with van der Waals surface area (Å²) in [4.78, 5) is 13.4. The molecule has 17 heavy (non-hydrogen) atoms. The van der Waals surface area contributed by atoms with Gasteiger partial charge in [-0.05, 0) is 24.4 Å². The van der Waals surface area contributed by atoms with E-state index >= 15 is 0 Å². The number of ether oxygens (including phenoxy) is 1. The maximum absolute atomic E-state index is 11.1. The van der Waals surface area contributed by atoms with Crippen molar-refractivity contribution in [2.45, 2.75) is 18.8 Å². The minimum atomic E-state index is -0.117. The maximum atomic E-state index is 11.1. The number of carbonyl (C=O) groups is 1. The normalized spacial score (nSPS) is 20.4. The molecule has 0 aromatic heterocycles. The fraction of sp³-hybridized carbons (Fsp3) is 0.500. The van der Waals surface area contributed by atoms with E-state index in [4.69, 9.17) is 0 Å². The summed E-state index contributed by atoms with van der Waals surface area (Å²) >= 11 is 0. The summed E-state index contributed by atoms with van der Waals surface area (Å²) < 4.78 is 4.66. The highest BCUT2D eigenvalue weighted by molar-refractivity contribution is 5.69. The van der Waals surface area contributed by atoms with Crippen molar-refractivity contribution in [1.82, 2.24) is 4.90 Å². The zero-order valence-corrected chi connectivity index (χ0v) is 10.3. The first-order valence-electron chi connectivity index (χ1n) is 6.13. The van der Waals surface area contributed by atoms with Crippen molar-refractivity contribution in [2.75, 3.05) is 26.7 Å². The maximum Gasteiger partial charge on any atom is 0.306 e. The number of hydrogen-bond donors (Lipinski definition) is 0. The van der Waals surface area contributed by atoms with Gasteiger partial charge >= 0.3 is 5.97 Å². The molecule has 0 spiro atoms. The van der Waals surface area contributed by atoms with Crippen LogP contribution in [-0.2, 0) is 9.53 Å². The molecular weight excluding hydrogens is 214 g/mol. The Labute approximate surface area is 102 Å². The van der Waals surface area contributed by atoms with Crippen LogP contribution in [0.25, 0.3) is 0 Å². The van der Waals surface area contributed by atoms with Crippen molar-refractivity contribution >= 4 is 5.97 Å². The van der Waals surface area contributed by atoms with Crippen LogP contribution in [0.5, 0.6) is 0 Å². The molecule has 1 heterocycles. The van der Waals surface area contributed by atoms with Gasteiger partial charge in [-0.1, -0.05) is 30.3 Å². The summed E-state index contributed by atoms with van der Waals surface area (Å²) in [5, 5.41) is 0. The van der Waals surface area contributed by atoms with E-state index < -0.39 is 0 Å². The number of hydrogen-bond acceptors (Lipinski definition) is 3. The van der Waals surface area contributed by atoms with Crippen LogP contribution >= 0.6 is 0 Å². The molecule has 0 saturated carbocycles. The highest BCUT2D eigenvalue weighted by Crippen LogP contribution is 2.26. The highest BCUT2D eigenvalue weighted by atomic mass is 16.5. The van der Waals surface area contributed by atoms with E-state index in [2.05, 4.69) is 33.9 Å². The quantitative estimate of drug-likeness (QED) is 0.745. The average Bonchev–Trinajstić information content (AvgIpc) is 2.86. The van der Waals surface area contributed by atoms with Crippen LogP contribution in [0.3, 0.4) is 0 Å². The Bertz CT molecular complexity index is 364. The van der Waals surface area contributed by atoms with Gasteiger partial charge in [0, 0.05) is 13.1 Å². The lowest BCUT2D eigenvalue weighted by atomic mass is 9.99. The molecule has 0 N–H and O–H groups in total. The van der Waals surface area contributed by atoms with Crippen molar-refractivity contribution < 1.29 is 9.53 Å². The summed E-state index contributed by atoms with van der Waals surface area (Å²) in [6, 6.07) is 10.6. The number of likely N-dealkylation sites (tertiary alicyclic amines) is 1. The van der Waals surface area contributed by atoms with Crippen LogP contribution in [0.4, 0.5) is 0 Å². The summed E-state index contributed by atoms with van der Waals surface area (Å²) in [5.41, 5.74) is 1.41. The van der Waals surface area contributed by atoms with E-state index in [1.54, 1.807) is 0 Å². The minimum absolute atomic E-state index is 0.117. The molecule has 2 rings (SSSR count). The Morgan fingerprint density at radius 2 is 2.18 bits per heavy atom. The lowest BCUT2D eigenvalue weighted by Crippen LogP contribution is -2.24. The highest BCUT2D eigenvalue weighted by Gasteiger charge is 2.23. The van der Waals surface area contributed by atoms with Crippen molar-refractivity contribution in [3.63, 3.8) is 0 Å². The lowest BCUT2D eigenvalue weighted by molar-refractivity contribution is -0.140. The molecule has 0 radical (unpaired) electrons. The molecule has 0 aliphatic carbocycles. The van der Waals surface area contributed by atoms with Gasteiger partial charge in [-0.3, -0.25) is 4.79 Å². The number of methoxy groups -OCH3 is 1. The molecule has 92 valence electrons. The molecular formula is C14H19NO2. The Balaban J connectivity index is 1.82. The monoisotopic (exact) mass is 233 g/mol. The predicted octanol–water partition coefficient (Wildman–Crippen LogP) is 2.04. The Kier molecular flexibility index (Phi) is 4.15. The first-order valence-corrected chi connectivity index (χ1v) is 6.13. The second kappa shape index (κ2) is 5.82. The predicted molar refractivity (Wildman–Crippen MR) is 66.9 cm³/mol. The largest absolute Gasteiger partial charge is 0.469 e. The Morgan fingerprint density at radius 3 is 2.88 bits per heavy atom. The summed E-state index contributed by atoms with van der Waals surface area (Å²) in [6.07, 6.45) is 1.68. The van der Waals surface area contributed by atoms with Crippen molar-refractivity contribution in [3.05, 3.63) is 35.9 Å². The molecule has 3 heteroatoms. The fourth-order valence-corrected chi connectivity index (χ4v) is 2.38. The van der Waals surface area contributed by atoms with Gasteiger partial charge in [0.1, 0.15) is 0 Å². The summed E-state index contributed by atoms with van der Waals surface area (Å²) in [5.74, 6) is 0.502. The van der Waals surface area contributed by atoms with E-state index in [0.717, 1.165) is 19.6 Å². The third-order valence-electron chi connectivity index (χ3n) is 3.40. The van der Waals surface area contributed by atoms with Crippen LogP contribution in [0.1, 0.15) is 24.3 Å². The van der Waals surface area contributed by atoms with Gasteiger partial charge in [0.05, 0.1) is 13.5 Å². The number of benzene rings is 1. The molecule has 1 aromatic carbocycles. The molecule has 1 aliphatic heterocycles. The second-order valence-corrected chi connectivity index (χ2v) is 4.52. The SMILES string of the molecule is COC(=O)CCN1CC[C@H](c2ccccc2)C1. The van der Waals surface area contributed by atoms with Gasteiger partial charge < -0.3 is 9.64 Å². The number of nitrogens with zero attached hydrogens (tertiary/aromatic N) is 1. The minimum Gasteiger partial charge on any atom is -0.469 e. The van der Waals surface area contributed by atoms with E-state index in [9.17, 15) is 4.79 Å². The molecule has 1 aliphatic rings. The van der Waals surface area contributed by atoms with Gasteiger partial charge in [0.2, 0.25) is 0 Å². The molecule has 1 atom stereocenters. The Morgan fingerprint density at radius 1 is 1.41 bits per heavy atom. The molecule has 1 fully saturated rings. The zero-order chi connectivity index (χ0) is 12.1. The zero-order valence-electron chi connectivity index (χ0n) is 10.3. The van der Waals surface area contributed by atoms with Gasteiger partial charge in [0.25, 0.3) is 0 Å². The van der Waals surface area contributed by atoms with Gasteiger partial charge in [-0.25, -0.2) is 0 Å². The van der Waals surface area contributed by atoms with Crippen LogP contribution < -0.4 is 0 Å². The van der Waals surface area contributed by atoms with E-state index in [1.165, 1.54) is 19.1 Å². The third-order valence-corrected chi connectivity index (χ3v) is 3.40.